The van der Waals surface area contributed by atoms with Crippen LogP contribution < -0.4 is 11.5 Å². The smallest absolute Gasteiger partial charge is 0.140 e. The van der Waals surface area contributed by atoms with E-state index in [1.54, 1.807) is 0 Å². The van der Waals surface area contributed by atoms with Crippen LogP contribution in [0, 0.1) is 0 Å². The van der Waals surface area contributed by atoms with E-state index in [9.17, 15) is 0 Å². The van der Waals surface area contributed by atoms with Crippen LogP contribution in [-0.2, 0) is 19.3 Å². The van der Waals surface area contributed by atoms with Crippen molar-refractivity contribution in [2.75, 3.05) is 11.5 Å². The lowest BCUT2D eigenvalue weighted by molar-refractivity contribution is 0.558. The minimum atomic E-state index is 0.0894. The monoisotopic (exact) mass is 624 g/mol. The molecule has 2 unspecified atom stereocenters. The van der Waals surface area contributed by atoms with E-state index in [4.69, 9.17) is 15.9 Å². The van der Waals surface area contributed by atoms with E-state index in [0.717, 1.165) is 70.7 Å². The molecule has 10 rings (SSSR count). The molecule has 5 heteroatoms. The first-order valence-corrected chi connectivity index (χ1v) is 17.1. The van der Waals surface area contributed by atoms with Crippen molar-refractivity contribution >= 4 is 45.3 Å². The number of hydrogen-bond acceptors (Lipinski definition) is 3. The van der Waals surface area contributed by atoms with Crippen LogP contribution in [0.5, 0.6) is 0 Å². The Labute approximate surface area is 279 Å². The highest BCUT2D eigenvalue weighted by atomic mass is 16.3. The van der Waals surface area contributed by atoms with Crippen molar-refractivity contribution in [3.05, 3.63) is 143 Å². The molecule has 0 bridgehead atoms. The number of nitrogens with two attached hydrogens (primary N) is 2. The number of furan rings is 1. The molecule has 0 spiro atoms. The van der Waals surface area contributed by atoms with Gasteiger partial charge in [0, 0.05) is 56.1 Å². The van der Waals surface area contributed by atoms with Crippen LogP contribution in [0.3, 0.4) is 0 Å². The molecule has 0 aliphatic heterocycles. The van der Waals surface area contributed by atoms with Crippen LogP contribution in [-0.4, -0.2) is 9.13 Å². The molecule has 0 fully saturated rings. The van der Waals surface area contributed by atoms with Gasteiger partial charge in [0.25, 0.3) is 0 Å². The first kappa shape index (κ1) is 27.4. The Morgan fingerprint density at radius 2 is 1.58 bits per heavy atom. The molecule has 2 atom stereocenters. The van der Waals surface area contributed by atoms with E-state index in [1.165, 1.54) is 50.3 Å². The van der Waals surface area contributed by atoms with Crippen LogP contribution >= 0.6 is 0 Å². The molecule has 3 heterocycles. The lowest BCUT2D eigenvalue weighted by Crippen LogP contribution is -2.15. The summed E-state index contributed by atoms with van der Waals surface area (Å²) in [6.07, 6.45) is 13.3. The third kappa shape index (κ3) is 3.73. The van der Waals surface area contributed by atoms with Crippen molar-refractivity contribution in [3.63, 3.8) is 0 Å². The fourth-order valence-electron chi connectivity index (χ4n) is 8.96. The van der Waals surface area contributed by atoms with Crippen LogP contribution in [0.15, 0.2) is 108 Å². The second-order valence-electron chi connectivity index (χ2n) is 13.6. The molecule has 3 aliphatic carbocycles. The van der Waals surface area contributed by atoms with Gasteiger partial charge in [0.1, 0.15) is 11.5 Å². The molecule has 4 aromatic carbocycles. The summed E-state index contributed by atoms with van der Waals surface area (Å²) < 4.78 is 11.6. The molecule has 48 heavy (non-hydrogen) atoms. The number of rotatable bonds is 3. The number of benzene rings is 4. The summed E-state index contributed by atoms with van der Waals surface area (Å²) in [5.41, 5.74) is 28.5. The molecule has 3 aliphatic rings. The number of nitrogens with zero attached hydrogens (tertiary/aromatic N) is 2. The molecular formula is C43H36N4O. The van der Waals surface area contributed by atoms with E-state index >= 15 is 0 Å². The number of nitrogen functional groups attached to an aromatic ring is 2. The SMILES string of the molecule is CC1c2c3c(n(-c4ccccc4)c2C=CC1c1cccc(N)c1-n1c2ccccc2c2cc(N)ccc21)CCc1c-3oc2c1CCC=C2. The zero-order valence-electron chi connectivity index (χ0n) is 26.9. The van der Waals surface area contributed by atoms with E-state index < -0.39 is 0 Å². The number of anilines is 2. The van der Waals surface area contributed by atoms with Crippen LogP contribution in [0.25, 0.3) is 56.7 Å². The van der Waals surface area contributed by atoms with E-state index in [1.807, 2.05) is 12.1 Å². The molecule has 4 N–H and O–H groups in total. The number of fused-ring (bicyclic) bond motifs is 10. The maximum atomic E-state index is 6.99. The van der Waals surface area contributed by atoms with Gasteiger partial charge in [0.05, 0.1) is 22.4 Å². The number of aromatic nitrogens is 2. The summed E-state index contributed by atoms with van der Waals surface area (Å²) in [5.74, 6) is 2.37. The molecule has 5 nitrogen and oxygen atoms in total. The number of allylic oxidation sites excluding steroid dienone is 2. The normalized spacial score (nSPS) is 17.8. The molecule has 0 saturated carbocycles. The van der Waals surface area contributed by atoms with Crippen molar-refractivity contribution in [2.24, 2.45) is 0 Å². The molecule has 7 aromatic rings. The quantitative estimate of drug-likeness (QED) is 0.192. The standard InChI is InChI=1S/C43H36N4O/c1-25-28(31-14-9-15-34(45)42(31)47-35-16-7-5-12-29(35)33-24-26(44)18-21-36(33)47)19-22-37-40(25)41-38(46(37)27-10-3-2-4-11-27)23-20-32-30-13-6-8-17-39(30)48-43(32)41/h2-5,7-12,14-19,21-22,24-25,28H,6,13,20,23,44-45H2,1H3. The average molecular weight is 625 g/mol. The van der Waals surface area contributed by atoms with E-state index in [2.05, 4.69) is 119 Å². The van der Waals surface area contributed by atoms with Crippen molar-refractivity contribution in [1.82, 2.24) is 9.13 Å². The Kier molecular flexibility index (Phi) is 5.81. The second kappa shape index (κ2) is 10.2. The van der Waals surface area contributed by atoms with Gasteiger partial charge in [-0.15, -0.1) is 0 Å². The van der Waals surface area contributed by atoms with Gasteiger partial charge in [0.2, 0.25) is 0 Å². The fraction of sp³-hybridized carbons (Fsp3) is 0.163. The molecule has 0 saturated heterocycles. The Hall–Kier alpha value is -5.68. The van der Waals surface area contributed by atoms with Crippen molar-refractivity contribution < 1.29 is 4.42 Å². The third-order valence-electron chi connectivity index (χ3n) is 11.0. The molecular weight excluding hydrogens is 589 g/mol. The van der Waals surface area contributed by atoms with Crippen molar-refractivity contribution in [3.8, 4) is 22.7 Å². The van der Waals surface area contributed by atoms with Crippen LogP contribution in [0.4, 0.5) is 11.4 Å². The highest BCUT2D eigenvalue weighted by molar-refractivity contribution is 6.10. The predicted molar refractivity (Wildman–Crippen MR) is 198 cm³/mol. The Morgan fingerprint density at radius 1 is 0.750 bits per heavy atom. The first-order chi connectivity index (χ1) is 23.6. The number of para-hydroxylation sites is 3. The molecule has 234 valence electrons. The number of hydrogen-bond donors (Lipinski definition) is 2. The van der Waals surface area contributed by atoms with Gasteiger partial charge in [-0.05, 0) is 97.3 Å². The summed E-state index contributed by atoms with van der Waals surface area (Å²) in [4.78, 5) is 0. The summed E-state index contributed by atoms with van der Waals surface area (Å²) in [7, 11) is 0. The van der Waals surface area contributed by atoms with Gasteiger partial charge in [-0.25, -0.2) is 0 Å². The minimum absolute atomic E-state index is 0.0894. The largest absolute Gasteiger partial charge is 0.456 e. The maximum absolute atomic E-state index is 6.99. The zero-order chi connectivity index (χ0) is 32.1. The van der Waals surface area contributed by atoms with E-state index in [0.29, 0.717) is 0 Å². The van der Waals surface area contributed by atoms with Gasteiger partial charge in [-0.1, -0.05) is 67.6 Å². The second-order valence-corrected chi connectivity index (χ2v) is 13.6. The lowest BCUT2D eigenvalue weighted by atomic mass is 9.75. The highest BCUT2D eigenvalue weighted by Gasteiger charge is 2.39. The van der Waals surface area contributed by atoms with Crippen molar-refractivity contribution in [1.29, 1.82) is 0 Å². The molecule has 0 radical (unpaired) electrons. The van der Waals surface area contributed by atoms with E-state index in [-0.39, 0.29) is 11.8 Å². The van der Waals surface area contributed by atoms with Gasteiger partial charge in [-0.3, -0.25) is 0 Å². The highest BCUT2D eigenvalue weighted by Crippen LogP contribution is 2.53. The van der Waals surface area contributed by atoms with Gasteiger partial charge >= 0.3 is 0 Å². The zero-order valence-corrected chi connectivity index (χ0v) is 26.9. The summed E-state index contributed by atoms with van der Waals surface area (Å²) in [6, 6.07) is 32.0. The molecule has 0 amide bonds. The predicted octanol–water partition coefficient (Wildman–Crippen LogP) is 9.97. The lowest BCUT2D eigenvalue weighted by Gasteiger charge is -2.30. The summed E-state index contributed by atoms with van der Waals surface area (Å²) >= 11 is 0. The van der Waals surface area contributed by atoms with Gasteiger partial charge in [0.15, 0.2) is 0 Å². The Balaban J connectivity index is 1.21. The summed E-state index contributed by atoms with van der Waals surface area (Å²) in [6.45, 7) is 2.39. The Morgan fingerprint density at radius 3 is 2.48 bits per heavy atom. The first-order valence-electron chi connectivity index (χ1n) is 17.1. The fourth-order valence-corrected chi connectivity index (χ4v) is 8.96. The minimum Gasteiger partial charge on any atom is -0.456 e. The van der Waals surface area contributed by atoms with Crippen LogP contribution in [0.1, 0.15) is 64.6 Å². The third-order valence-corrected chi connectivity index (χ3v) is 11.0. The summed E-state index contributed by atoms with van der Waals surface area (Å²) in [5, 5.41) is 2.30. The van der Waals surface area contributed by atoms with Gasteiger partial charge < -0.3 is 25.0 Å². The van der Waals surface area contributed by atoms with Gasteiger partial charge in [-0.2, -0.15) is 0 Å². The Bertz CT molecular complexity index is 2500. The maximum Gasteiger partial charge on any atom is 0.140 e. The molecule has 3 aromatic heterocycles. The van der Waals surface area contributed by atoms with Crippen LogP contribution in [0.2, 0.25) is 0 Å². The van der Waals surface area contributed by atoms with Crippen molar-refractivity contribution in [2.45, 2.75) is 44.4 Å². The topological polar surface area (TPSA) is 75.0 Å². The average Bonchev–Trinajstić information content (AvgIpc) is 3.77.